The Balaban J connectivity index is 1.06. The van der Waals surface area contributed by atoms with Gasteiger partial charge in [0.1, 0.15) is 5.82 Å². The van der Waals surface area contributed by atoms with E-state index < -0.39 is 0 Å². The summed E-state index contributed by atoms with van der Waals surface area (Å²) in [6.45, 7) is 4.00. The second-order valence-electron chi connectivity index (χ2n) is 10.1. The Morgan fingerprint density at radius 3 is 2.47 bits per heavy atom. The van der Waals surface area contributed by atoms with Crippen LogP contribution in [0.4, 0.5) is 10.9 Å². The maximum Gasteiger partial charge on any atom is 0.253 e. The number of rotatable bonds is 6. The van der Waals surface area contributed by atoms with Crippen molar-refractivity contribution in [2.24, 2.45) is 5.92 Å². The number of anilines is 2. The maximum absolute atomic E-state index is 13.0. The molecule has 3 aromatic heterocycles. The number of nitrogens with one attached hydrogen (secondary N) is 2. The van der Waals surface area contributed by atoms with Crippen molar-refractivity contribution < 1.29 is 9.59 Å². The third-order valence-electron chi connectivity index (χ3n) is 7.39. The van der Waals surface area contributed by atoms with Gasteiger partial charge in [0.25, 0.3) is 5.91 Å². The molecule has 3 aromatic rings. The lowest BCUT2D eigenvalue weighted by molar-refractivity contribution is -0.142. The monoisotopic (exact) mass is 522 g/mol. The Morgan fingerprint density at radius 1 is 1.06 bits per heavy atom. The van der Waals surface area contributed by atoms with E-state index in [1.54, 1.807) is 23.6 Å². The normalized spacial score (nSPS) is 23.4. The van der Waals surface area contributed by atoms with Crippen molar-refractivity contribution in [2.75, 3.05) is 5.32 Å². The van der Waals surface area contributed by atoms with Crippen LogP contribution in [0.5, 0.6) is 0 Å². The summed E-state index contributed by atoms with van der Waals surface area (Å²) in [7, 11) is 0. The molecule has 6 rings (SSSR count). The lowest BCUT2D eigenvalue weighted by Gasteiger charge is -2.49. The SMILES string of the molecule is Cc1nc(C)c(-c2csc(Nc3ccc(C(=O)N[C@H]4C[C@H]5CCC[C@@H](C4)N5C(=O)C4CC4)cn3)n2)s1. The van der Waals surface area contributed by atoms with Crippen LogP contribution < -0.4 is 10.6 Å². The minimum Gasteiger partial charge on any atom is -0.349 e. The van der Waals surface area contributed by atoms with Crippen molar-refractivity contribution in [3.05, 3.63) is 40.0 Å². The largest absolute Gasteiger partial charge is 0.349 e. The summed E-state index contributed by atoms with van der Waals surface area (Å²) >= 11 is 3.16. The molecule has 188 valence electrons. The average molecular weight is 523 g/mol. The van der Waals surface area contributed by atoms with Crippen LogP contribution in [0.15, 0.2) is 23.7 Å². The number of carbonyl (C=O) groups excluding carboxylic acids is 2. The lowest BCUT2D eigenvalue weighted by Crippen LogP contribution is -2.59. The molecule has 8 nitrogen and oxygen atoms in total. The summed E-state index contributed by atoms with van der Waals surface area (Å²) < 4.78 is 0. The van der Waals surface area contributed by atoms with Crippen LogP contribution in [-0.2, 0) is 4.79 Å². The molecule has 1 aliphatic carbocycles. The van der Waals surface area contributed by atoms with Gasteiger partial charge in [0.2, 0.25) is 5.91 Å². The second-order valence-corrected chi connectivity index (χ2v) is 12.2. The first-order chi connectivity index (χ1) is 17.4. The molecule has 3 aliphatic rings. The van der Waals surface area contributed by atoms with Crippen molar-refractivity contribution in [1.82, 2.24) is 25.2 Å². The molecule has 2 N–H and O–H groups in total. The van der Waals surface area contributed by atoms with Gasteiger partial charge >= 0.3 is 0 Å². The Morgan fingerprint density at radius 2 is 1.83 bits per heavy atom. The molecular formula is C26H30N6O2S2. The van der Waals surface area contributed by atoms with Crippen molar-refractivity contribution >= 4 is 45.4 Å². The first-order valence-corrected chi connectivity index (χ1v) is 14.4. The molecule has 2 amide bonds. The van der Waals surface area contributed by atoms with Crippen molar-refractivity contribution in [1.29, 1.82) is 0 Å². The number of pyridine rings is 1. The number of carbonyl (C=O) groups is 2. The fraction of sp³-hybridized carbons (Fsp3) is 0.500. The zero-order valence-electron chi connectivity index (χ0n) is 20.5. The molecule has 2 bridgehead atoms. The molecule has 0 unspecified atom stereocenters. The van der Waals surface area contributed by atoms with Gasteiger partial charge in [0, 0.05) is 35.6 Å². The van der Waals surface area contributed by atoms with Crippen LogP contribution in [0.3, 0.4) is 0 Å². The standard InChI is InChI=1S/C26H30N6O2S2/c1-14-23(36-15(2)28-14)21-13-35-26(30-21)31-22-9-8-17(12-27-22)24(33)29-18-10-19-4-3-5-20(11-18)32(19)25(34)16-6-7-16/h8-9,12-13,16,18-20H,3-7,10-11H2,1-2H3,(H,29,33)(H,27,30,31)/t18-,19+,20-. The highest BCUT2D eigenvalue weighted by atomic mass is 32.1. The molecule has 3 fully saturated rings. The van der Waals surface area contributed by atoms with E-state index in [0.717, 1.165) is 64.9 Å². The minimum absolute atomic E-state index is 0.0985. The lowest BCUT2D eigenvalue weighted by atomic mass is 9.81. The van der Waals surface area contributed by atoms with Gasteiger partial charge in [0.15, 0.2) is 5.13 Å². The van der Waals surface area contributed by atoms with Crippen LogP contribution in [0.2, 0.25) is 0 Å². The van der Waals surface area contributed by atoms with Gasteiger partial charge in [0.05, 0.1) is 26.8 Å². The molecule has 0 radical (unpaired) electrons. The summed E-state index contributed by atoms with van der Waals surface area (Å²) in [6, 6.07) is 4.23. The number of fused-ring (bicyclic) bond motifs is 2. The predicted octanol–water partition coefficient (Wildman–Crippen LogP) is 5.07. The fourth-order valence-electron chi connectivity index (χ4n) is 5.58. The molecule has 0 spiro atoms. The summed E-state index contributed by atoms with van der Waals surface area (Å²) in [5.74, 6) is 1.15. The zero-order chi connectivity index (χ0) is 24.8. The number of aromatic nitrogens is 3. The molecule has 1 saturated carbocycles. The highest BCUT2D eigenvalue weighted by Gasteiger charge is 2.45. The molecule has 0 aromatic carbocycles. The average Bonchev–Trinajstić information content (AvgIpc) is 3.51. The first-order valence-electron chi connectivity index (χ1n) is 12.7. The van der Waals surface area contributed by atoms with Gasteiger partial charge in [-0.1, -0.05) is 0 Å². The summed E-state index contributed by atoms with van der Waals surface area (Å²) in [6.07, 6.45) is 8.65. The Hall–Kier alpha value is -2.85. The third kappa shape index (κ3) is 4.76. The fourth-order valence-corrected chi connectivity index (χ4v) is 7.25. The van der Waals surface area contributed by atoms with E-state index in [2.05, 4.69) is 30.5 Å². The van der Waals surface area contributed by atoms with E-state index in [1.807, 2.05) is 25.3 Å². The Bertz CT molecular complexity index is 1270. The molecule has 10 heteroatoms. The molecule has 2 saturated heterocycles. The van der Waals surface area contributed by atoms with E-state index in [-0.39, 0.29) is 30.0 Å². The highest BCUT2D eigenvalue weighted by molar-refractivity contribution is 7.16. The summed E-state index contributed by atoms with van der Waals surface area (Å²) in [5, 5.41) is 10.2. The second kappa shape index (κ2) is 9.55. The Kier molecular flexibility index (Phi) is 6.25. The summed E-state index contributed by atoms with van der Waals surface area (Å²) in [5.41, 5.74) is 2.45. The molecule has 36 heavy (non-hydrogen) atoms. The van der Waals surface area contributed by atoms with Gasteiger partial charge < -0.3 is 15.5 Å². The van der Waals surface area contributed by atoms with E-state index in [4.69, 9.17) is 0 Å². The Labute approximate surface area is 218 Å². The van der Waals surface area contributed by atoms with Gasteiger partial charge in [-0.3, -0.25) is 9.59 Å². The van der Waals surface area contributed by atoms with E-state index >= 15 is 0 Å². The number of aryl methyl sites for hydroxylation is 2. The van der Waals surface area contributed by atoms with Crippen LogP contribution in [0.25, 0.3) is 10.6 Å². The highest BCUT2D eigenvalue weighted by Crippen LogP contribution is 2.40. The number of nitrogens with zero attached hydrogens (tertiary/aromatic N) is 4. The van der Waals surface area contributed by atoms with Crippen molar-refractivity contribution in [3.8, 4) is 10.6 Å². The van der Waals surface area contributed by atoms with Crippen LogP contribution in [0, 0.1) is 19.8 Å². The van der Waals surface area contributed by atoms with Gasteiger partial charge in [-0.25, -0.2) is 15.0 Å². The van der Waals surface area contributed by atoms with Crippen molar-refractivity contribution in [3.63, 3.8) is 0 Å². The van der Waals surface area contributed by atoms with E-state index in [0.29, 0.717) is 17.3 Å². The summed E-state index contributed by atoms with van der Waals surface area (Å²) in [4.78, 5) is 42.6. The molecule has 5 heterocycles. The predicted molar refractivity (Wildman–Crippen MR) is 142 cm³/mol. The van der Waals surface area contributed by atoms with E-state index in [1.165, 1.54) is 17.8 Å². The number of thiazole rings is 2. The zero-order valence-corrected chi connectivity index (χ0v) is 22.1. The minimum atomic E-state index is -0.105. The first kappa shape index (κ1) is 23.5. The maximum atomic E-state index is 13.0. The number of piperidine rings is 2. The third-order valence-corrected chi connectivity index (χ3v) is 9.25. The van der Waals surface area contributed by atoms with Crippen LogP contribution in [0.1, 0.15) is 66.0 Å². The van der Waals surface area contributed by atoms with Crippen LogP contribution in [-0.4, -0.2) is 49.8 Å². The van der Waals surface area contributed by atoms with Gasteiger partial charge in [-0.15, -0.1) is 22.7 Å². The number of amides is 2. The molecule has 3 atom stereocenters. The number of hydrogen-bond acceptors (Lipinski definition) is 8. The van der Waals surface area contributed by atoms with Gasteiger partial charge in [-0.05, 0) is 70.9 Å². The van der Waals surface area contributed by atoms with Crippen LogP contribution >= 0.6 is 22.7 Å². The smallest absolute Gasteiger partial charge is 0.253 e. The molecule has 2 aliphatic heterocycles. The topological polar surface area (TPSA) is 100 Å². The molecular weight excluding hydrogens is 492 g/mol. The van der Waals surface area contributed by atoms with Crippen molar-refractivity contribution in [2.45, 2.75) is 76.9 Å². The number of hydrogen-bond donors (Lipinski definition) is 2. The van der Waals surface area contributed by atoms with E-state index in [9.17, 15) is 9.59 Å². The van der Waals surface area contributed by atoms with Gasteiger partial charge in [-0.2, -0.15) is 0 Å². The quantitative estimate of drug-likeness (QED) is 0.469.